The van der Waals surface area contributed by atoms with E-state index >= 15 is 0 Å². The maximum atomic E-state index is 2.68. The van der Waals surface area contributed by atoms with Crippen LogP contribution in [0.3, 0.4) is 0 Å². The van der Waals surface area contributed by atoms with Gasteiger partial charge in [0.1, 0.15) is 0 Å². The molecule has 3 aliphatic rings. The van der Waals surface area contributed by atoms with Crippen LogP contribution < -0.4 is 0 Å². The maximum absolute atomic E-state index is 2.68. The molecule has 0 N–H and O–H groups in total. The maximum Gasteiger partial charge on any atom is 0.0547 e. The highest BCUT2D eigenvalue weighted by Gasteiger charge is 2.42. The van der Waals surface area contributed by atoms with Crippen molar-refractivity contribution in [2.24, 2.45) is 0 Å². The summed E-state index contributed by atoms with van der Waals surface area (Å²) in [6, 6.07) is 110. The first-order valence-corrected chi connectivity index (χ1v) is 51.1. The van der Waals surface area contributed by atoms with Crippen molar-refractivity contribution in [3.8, 4) is 67.3 Å². The molecule has 0 fully saturated rings. The SMILES string of the molecule is CC1c2cc(ccc2CC(C)(C)c2cc(-n3c4cccc5c4c4c(c(C(C)(C)C)ccc43)C(C)(C)c3cc(CC(C)(C)c4cc(-n6c7cccc8c7c7c(c(-c9cc(C(C)(C)C)cc(C(C)(C)C)c9)ccc76)C(C)(C)c6cccc-8c6)cc(C(C)(C)C)c4)cc-5c3)cc(C(C)(C)C)c2)-c2cccc3c2c2c1c(-n1c4ccccc4c4ccccc41)ccc2n3-c1cc(C(C)(C)C)cc(C(C)(C)C)c1. The minimum Gasteiger partial charge on any atom is -0.309 e. The fourth-order valence-electron chi connectivity index (χ4n) is 24.7. The van der Waals surface area contributed by atoms with Crippen LogP contribution >= 0.6 is 0 Å². The Morgan fingerprint density at radius 2 is 0.630 bits per heavy atom. The van der Waals surface area contributed by atoms with E-state index in [0.29, 0.717) is 0 Å². The van der Waals surface area contributed by atoms with E-state index in [1.165, 1.54) is 249 Å². The molecule has 1 atom stereocenters. The zero-order chi connectivity index (χ0) is 97.6. The number of nitrogens with zero attached hydrogens (tertiary/aromatic N) is 4. The molecule has 0 radical (unpaired) electrons. The van der Waals surface area contributed by atoms with Crippen LogP contribution in [-0.4, -0.2) is 18.3 Å². The summed E-state index contributed by atoms with van der Waals surface area (Å²) in [5.74, 6) is -0.0226. The molecule has 0 saturated carbocycles. The van der Waals surface area contributed by atoms with Crippen molar-refractivity contribution < 1.29 is 0 Å². The Hall–Kier alpha value is -12.5. The van der Waals surface area contributed by atoms with Crippen molar-refractivity contribution >= 4 is 87.2 Å². The Morgan fingerprint density at radius 1 is 0.254 bits per heavy atom. The number of benzene rings is 15. The van der Waals surface area contributed by atoms with Gasteiger partial charge < -0.3 is 18.3 Å². The average Bonchev–Trinajstić information content (AvgIpc) is 1.56. The lowest BCUT2D eigenvalue weighted by molar-refractivity contribution is 0.514. The standard InChI is InChI=1S/C134H140N4/c1-78-104-65-81(99-44-37-48-108-116(99)119-112(135(108)95-70-88(126(8,9)10)67-89(71-95)127(11,12)13)58-57-111(115(78)119)138-106-46-33-31-41-102(106)103-42-32-34-47-107(103)138)51-52-82(104)77-132(25,26)93-69-91(129(17,18)19)73-97(75-93)137-110-50-38-45-100-83-59-79(60-94(64-83)134(29,30)123-105(130(20,21)22)54-56-114(137)121(123)118(100)110)76-131(23,24)92-68-90(128(14,15)16)72-96(74-92)136-109-49-36-43-98-80-39-35-40-85(61-80)133(27,28)122-101(53-55-113(136)120(122)117(98)109)84-62-86(124(2,3)4)66-87(63-84)125(5,6)7/h31-75,78H,76-77H2,1-30H3. The normalized spacial score (nSPS) is 15.1. The molecule has 19 aromatic rings. The highest BCUT2D eigenvalue weighted by atomic mass is 15.0. The second-order valence-corrected chi connectivity index (χ2v) is 51.5. The Kier molecular flexibility index (Phi) is 19.9. The van der Waals surface area contributed by atoms with Gasteiger partial charge in [0.15, 0.2) is 0 Å². The summed E-state index contributed by atoms with van der Waals surface area (Å²) in [4.78, 5) is 0. The van der Waals surface area contributed by atoms with Gasteiger partial charge in [-0.3, -0.25) is 0 Å². The van der Waals surface area contributed by atoms with Gasteiger partial charge in [-0.1, -0.05) is 390 Å². The van der Waals surface area contributed by atoms with E-state index in [-0.39, 0.29) is 60.1 Å². The number of hydrogen-bond acceptors (Lipinski definition) is 0. The predicted molar refractivity (Wildman–Crippen MR) is 595 cm³/mol. The summed E-state index contributed by atoms with van der Waals surface area (Å²) in [6.45, 7) is 72.8. The molecule has 3 aliphatic carbocycles. The van der Waals surface area contributed by atoms with Crippen molar-refractivity contribution in [3.63, 3.8) is 0 Å². The van der Waals surface area contributed by atoms with Gasteiger partial charge in [0.25, 0.3) is 0 Å². The van der Waals surface area contributed by atoms with Crippen molar-refractivity contribution in [2.75, 3.05) is 0 Å². The molecule has 0 aliphatic heterocycles. The summed E-state index contributed by atoms with van der Waals surface area (Å²) >= 11 is 0. The molecular formula is C134H140N4. The second-order valence-electron chi connectivity index (χ2n) is 51.5. The molecule has 0 spiro atoms. The molecule has 4 heteroatoms. The van der Waals surface area contributed by atoms with Crippen LogP contribution in [0.2, 0.25) is 0 Å². The smallest absolute Gasteiger partial charge is 0.0547 e. The van der Waals surface area contributed by atoms with E-state index in [0.717, 1.165) is 12.8 Å². The molecule has 15 aromatic carbocycles. The lowest BCUT2D eigenvalue weighted by Gasteiger charge is -2.36. The Morgan fingerprint density at radius 3 is 1.12 bits per heavy atom. The fourth-order valence-corrected chi connectivity index (χ4v) is 24.7. The van der Waals surface area contributed by atoms with Gasteiger partial charge in [0.05, 0.1) is 49.8 Å². The highest BCUT2D eigenvalue weighted by molar-refractivity contribution is 6.22. The first-order valence-electron chi connectivity index (χ1n) is 51.1. The Bertz CT molecular complexity index is 8280. The highest BCUT2D eigenvalue weighted by Crippen LogP contribution is 2.58. The number of aromatic nitrogens is 4. The van der Waals surface area contributed by atoms with Crippen LogP contribution in [0.15, 0.2) is 273 Å². The number of rotatable bonds is 11. The molecule has 4 nitrogen and oxygen atoms in total. The molecule has 6 bridgehead atoms. The van der Waals surface area contributed by atoms with Crippen LogP contribution in [0.25, 0.3) is 154 Å². The molecule has 138 heavy (non-hydrogen) atoms. The van der Waals surface area contributed by atoms with Gasteiger partial charge >= 0.3 is 0 Å². The van der Waals surface area contributed by atoms with Crippen LogP contribution in [0.1, 0.15) is 308 Å². The average molecular weight is 1810 g/mol. The van der Waals surface area contributed by atoms with Crippen LogP contribution in [0.4, 0.5) is 0 Å². The van der Waals surface area contributed by atoms with Gasteiger partial charge in [-0.2, -0.15) is 0 Å². The van der Waals surface area contributed by atoms with E-state index in [9.17, 15) is 0 Å². The van der Waals surface area contributed by atoms with E-state index in [1.54, 1.807) is 0 Å². The fraction of sp³-hybridized carbons (Fsp3) is 0.328. The lowest BCUT2D eigenvalue weighted by atomic mass is 9.67. The van der Waals surface area contributed by atoms with Gasteiger partial charge in [0.2, 0.25) is 0 Å². The molecule has 4 heterocycles. The van der Waals surface area contributed by atoms with E-state index in [2.05, 4.69) is 499 Å². The number of fused-ring (bicyclic) bond motifs is 12. The summed E-state index contributed by atoms with van der Waals surface area (Å²) in [7, 11) is 0. The third-order valence-corrected chi connectivity index (χ3v) is 32.9. The zero-order valence-corrected chi connectivity index (χ0v) is 87.8. The van der Waals surface area contributed by atoms with Crippen LogP contribution in [0, 0.1) is 0 Å². The van der Waals surface area contributed by atoms with Gasteiger partial charge in [-0.05, 0) is 292 Å². The number of hydrogen-bond donors (Lipinski definition) is 0. The van der Waals surface area contributed by atoms with E-state index < -0.39 is 5.41 Å². The lowest BCUT2D eigenvalue weighted by Crippen LogP contribution is -2.27. The van der Waals surface area contributed by atoms with E-state index in [4.69, 9.17) is 0 Å². The quantitative estimate of drug-likeness (QED) is 0.123. The molecule has 0 amide bonds. The molecule has 4 aromatic heterocycles. The molecule has 696 valence electrons. The summed E-state index contributed by atoms with van der Waals surface area (Å²) in [5.41, 5.74) is 45.8. The molecule has 22 rings (SSSR count). The van der Waals surface area contributed by atoms with Gasteiger partial charge in [-0.15, -0.1) is 0 Å². The molecule has 0 saturated heterocycles. The third kappa shape index (κ3) is 14.2. The van der Waals surface area contributed by atoms with E-state index in [1.807, 2.05) is 0 Å². The summed E-state index contributed by atoms with van der Waals surface area (Å²) in [5, 5.41) is 10.5. The summed E-state index contributed by atoms with van der Waals surface area (Å²) in [6.07, 6.45) is 1.65. The third-order valence-electron chi connectivity index (χ3n) is 32.9. The van der Waals surface area contributed by atoms with Crippen LogP contribution in [0.5, 0.6) is 0 Å². The molecular weight excluding hydrogens is 1670 g/mol. The minimum absolute atomic E-state index is 0.0226. The largest absolute Gasteiger partial charge is 0.309 e. The minimum atomic E-state index is -0.425. The van der Waals surface area contributed by atoms with Crippen molar-refractivity contribution in [1.82, 2.24) is 18.3 Å². The number of para-hydroxylation sites is 2. The second kappa shape index (κ2) is 30.3. The first-order chi connectivity index (χ1) is 64.7. The Labute approximate surface area is 820 Å². The molecule has 1 unspecified atom stereocenters. The first kappa shape index (κ1) is 90.6. The van der Waals surface area contributed by atoms with Crippen molar-refractivity contribution in [3.05, 3.63) is 368 Å². The van der Waals surface area contributed by atoms with Crippen molar-refractivity contribution in [1.29, 1.82) is 0 Å². The van der Waals surface area contributed by atoms with Gasteiger partial charge in [-0.25, -0.2) is 0 Å². The summed E-state index contributed by atoms with van der Waals surface area (Å²) < 4.78 is 10.6. The zero-order valence-electron chi connectivity index (χ0n) is 87.8. The van der Waals surface area contributed by atoms with Crippen molar-refractivity contribution in [2.45, 2.75) is 286 Å². The van der Waals surface area contributed by atoms with Crippen LogP contribution in [-0.2, 0) is 72.4 Å². The monoisotopic (exact) mass is 1810 g/mol. The topological polar surface area (TPSA) is 19.7 Å². The van der Waals surface area contributed by atoms with Gasteiger partial charge in [0, 0.05) is 76.9 Å². The predicted octanol–water partition coefficient (Wildman–Crippen LogP) is 36.6. The Balaban J connectivity index is 0.682.